The van der Waals surface area contributed by atoms with E-state index in [2.05, 4.69) is 20.8 Å². The molecule has 6 heteroatoms. The average molecular weight is 1020 g/mol. The van der Waals surface area contributed by atoms with E-state index in [1.807, 2.05) is 0 Å². The second-order valence-corrected chi connectivity index (χ2v) is 22.8. The maximum Gasteiger partial charge on any atom is 0.306 e. The molecule has 0 saturated carbocycles. The van der Waals surface area contributed by atoms with E-state index in [1.54, 1.807) is 0 Å². The van der Waals surface area contributed by atoms with Crippen molar-refractivity contribution in [2.75, 3.05) is 13.2 Å². The van der Waals surface area contributed by atoms with E-state index in [-0.39, 0.29) is 31.1 Å². The van der Waals surface area contributed by atoms with Crippen molar-refractivity contribution in [1.29, 1.82) is 0 Å². The summed E-state index contributed by atoms with van der Waals surface area (Å²) in [7, 11) is 0. The highest BCUT2D eigenvalue weighted by atomic mass is 16.6. The maximum absolute atomic E-state index is 12.9. The second kappa shape index (κ2) is 62.0. The third kappa shape index (κ3) is 59.3. The lowest BCUT2D eigenvalue weighted by Crippen LogP contribution is -2.30. The topological polar surface area (TPSA) is 78.9 Å². The highest BCUT2D eigenvalue weighted by Crippen LogP contribution is 2.19. The number of ether oxygens (including phenoxy) is 3. The van der Waals surface area contributed by atoms with Crippen molar-refractivity contribution in [3.05, 3.63) is 0 Å². The zero-order chi connectivity index (χ0) is 52.2. The molecule has 0 aliphatic carbocycles. The van der Waals surface area contributed by atoms with E-state index in [1.165, 1.54) is 289 Å². The van der Waals surface area contributed by atoms with Crippen LogP contribution in [0.2, 0.25) is 0 Å². The van der Waals surface area contributed by atoms with Gasteiger partial charge in [-0.05, 0) is 19.3 Å². The molecule has 0 heterocycles. The predicted octanol–water partition coefficient (Wildman–Crippen LogP) is 22.3. The van der Waals surface area contributed by atoms with Gasteiger partial charge in [-0.25, -0.2) is 0 Å². The molecular weight excluding hydrogens is 889 g/mol. The Kier molecular flexibility index (Phi) is 60.6. The predicted molar refractivity (Wildman–Crippen MR) is 312 cm³/mol. The molecule has 0 spiro atoms. The molecule has 0 saturated heterocycles. The summed E-state index contributed by atoms with van der Waals surface area (Å²) in [5, 5.41) is 0. The lowest BCUT2D eigenvalue weighted by Gasteiger charge is -2.18. The summed E-state index contributed by atoms with van der Waals surface area (Å²) >= 11 is 0. The van der Waals surface area contributed by atoms with E-state index >= 15 is 0 Å². The molecule has 0 aromatic heterocycles. The molecule has 0 N–H and O–H groups in total. The Labute approximate surface area is 450 Å². The van der Waals surface area contributed by atoms with Crippen molar-refractivity contribution in [2.45, 2.75) is 393 Å². The SMILES string of the molecule is CCCCCCCCCCCCCCCCCCCCCCCCCCCCC(=O)OCC(COC(=O)CCCCCCCCCC)OC(=O)CCCCCCCCCCCCCCCCCCCCCC. The van der Waals surface area contributed by atoms with Crippen LogP contribution < -0.4 is 0 Å². The number of unbranched alkanes of at least 4 members (excludes halogenated alkanes) is 51. The Morgan fingerprint density at radius 1 is 0.222 bits per heavy atom. The van der Waals surface area contributed by atoms with Gasteiger partial charge in [-0.1, -0.05) is 348 Å². The minimum atomic E-state index is -0.761. The molecule has 0 rings (SSSR count). The number of carbonyl (C=O) groups is 3. The van der Waals surface area contributed by atoms with Gasteiger partial charge in [-0.3, -0.25) is 14.4 Å². The summed E-state index contributed by atoms with van der Waals surface area (Å²) in [6.45, 7) is 6.70. The van der Waals surface area contributed by atoms with Gasteiger partial charge in [0.1, 0.15) is 13.2 Å². The summed E-state index contributed by atoms with van der Waals surface area (Å²) in [5.74, 6) is -0.833. The Hall–Kier alpha value is -1.59. The van der Waals surface area contributed by atoms with E-state index in [0.717, 1.165) is 57.8 Å². The summed E-state index contributed by atoms with van der Waals surface area (Å²) in [6, 6.07) is 0. The third-order valence-corrected chi connectivity index (χ3v) is 15.4. The molecule has 428 valence electrons. The van der Waals surface area contributed by atoms with Crippen LogP contribution in [0, 0.1) is 0 Å². The number of rotatable bonds is 62. The Balaban J connectivity index is 4.06. The first kappa shape index (κ1) is 70.4. The van der Waals surface area contributed by atoms with E-state index < -0.39 is 6.10 Å². The minimum absolute atomic E-state index is 0.0612. The van der Waals surface area contributed by atoms with Gasteiger partial charge in [0.2, 0.25) is 0 Å². The van der Waals surface area contributed by atoms with Crippen molar-refractivity contribution in [3.8, 4) is 0 Å². The zero-order valence-electron chi connectivity index (χ0n) is 49.2. The molecule has 1 atom stereocenters. The monoisotopic (exact) mass is 1020 g/mol. The largest absolute Gasteiger partial charge is 0.462 e. The van der Waals surface area contributed by atoms with E-state index in [0.29, 0.717) is 19.3 Å². The molecule has 0 fully saturated rings. The van der Waals surface area contributed by atoms with Gasteiger partial charge < -0.3 is 14.2 Å². The van der Waals surface area contributed by atoms with E-state index in [9.17, 15) is 14.4 Å². The molecule has 0 amide bonds. The van der Waals surface area contributed by atoms with Gasteiger partial charge in [0.15, 0.2) is 6.10 Å². The fraction of sp³-hybridized carbons (Fsp3) is 0.955. The molecule has 0 aromatic carbocycles. The molecule has 0 bridgehead atoms. The van der Waals surface area contributed by atoms with Crippen LogP contribution in [0.25, 0.3) is 0 Å². The van der Waals surface area contributed by atoms with Gasteiger partial charge >= 0.3 is 17.9 Å². The highest BCUT2D eigenvalue weighted by Gasteiger charge is 2.19. The zero-order valence-corrected chi connectivity index (χ0v) is 49.2. The molecule has 0 aliphatic heterocycles. The van der Waals surface area contributed by atoms with Crippen molar-refractivity contribution in [1.82, 2.24) is 0 Å². The molecule has 72 heavy (non-hydrogen) atoms. The quantitative estimate of drug-likeness (QED) is 0.0343. The standard InChI is InChI=1S/C66H128O6/c1-4-7-10-13-16-19-21-23-25-27-29-31-32-33-34-35-36-38-39-41-43-45-47-50-53-56-59-65(68)71-62-63(61-70-64(67)58-55-52-49-18-15-12-9-6-3)72-66(69)60-57-54-51-48-46-44-42-40-37-30-28-26-24-22-20-17-14-11-8-5-2/h63H,4-62H2,1-3H3. The lowest BCUT2D eigenvalue weighted by molar-refractivity contribution is -0.167. The van der Waals surface area contributed by atoms with Crippen LogP contribution in [0.5, 0.6) is 0 Å². The molecule has 1 unspecified atom stereocenters. The molecular formula is C66H128O6. The second-order valence-electron chi connectivity index (χ2n) is 22.8. The first-order valence-corrected chi connectivity index (χ1v) is 33.0. The third-order valence-electron chi connectivity index (χ3n) is 15.4. The first-order valence-electron chi connectivity index (χ1n) is 33.0. The molecule has 0 aromatic rings. The number of hydrogen-bond acceptors (Lipinski definition) is 6. The van der Waals surface area contributed by atoms with Crippen LogP contribution in [0.4, 0.5) is 0 Å². The van der Waals surface area contributed by atoms with Crippen molar-refractivity contribution in [3.63, 3.8) is 0 Å². The Morgan fingerprint density at radius 3 is 0.556 bits per heavy atom. The number of esters is 3. The lowest BCUT2D eigenvalue weighted by atomic mass is 10.0. The van der Waals surface area contributed by atoms with Crippen LogP contribution in [-0.2, 0) is 28.6 Å². The normalized spacial score (nSPS) is 11.9. The molecule has 6 nitrogen and oxygen atoms in total. The van der Waals surface area contributed by atoms with Gasteiger partial charge in [0, 0.05) is 19.3 Å². The summed E-state index contributed by atoms with van der Waals surface area (Å²) < 4.78 is 16.9. The fourth-order valence-electron chi connectivity index (χ4n) is 10.4. The first-order chi connectivity index (χ1) is 35.5. The van der Waals surface area contributed by atoms with Gasteiger partial charge in [0.05, 0.1) is 0 Å². The molecule has 0 aliphatic rings. The van der Waals surface area contributed by atoms with Crippen molar-refractivity contribution in [2.24, 2.45) is 0 Å². The van der Waals surface area contributed by atoms with E-state index in [4.69, 9.17) is 14.2 Å². The fourth-order valence-corrected chi connectivity index (χ4v) is 10.4. The van der Waals surface area contributed by atoms with Crippen molar-refractivity contribution >= 4 is 17.9 Å². The summed E-state index contributed by atoms with van der Waals surface area (Å²) in [5.41, 5.74) is 0. The van der Waals surface area contributed by atoms with Crippen LogP contribution in [0.1, 0.15) is 387 Å². The average Bonchev–Trinajstić information content (AvgIpc) is 3.38. The summed E-state index contributed by atoms with van der Waals surface area (Å²) in [4.78, 5) is 38.1. The number of carbonyl (C=O) groups excluding carboxylic acids is 3. The maximum atomic E-state index is 12.9. The summed E-state index contributed by atoms with van der Waals surface area (Å²) in [6.07, 6.45) is 71.4. The Morgan fingerprint density at radius 2 is 0.375 bits per heavy atom. The van der Waals surface area contributed by atoms with Crippen LogP contribution in [0.15, 0.2) is 0 Å². The highest BCUT2D eigenvalue weighted by molar-refractivity contribution is 5.71. The van der Waals surface area contributed by atoms with Gasteiger partial charge in [0.25, 0.3) is 0 Å². The number of hydrogen-bond donors (Lipinski definition) is 0. The van der Waals surface area contributed by atoms with Gasteiger partial charge in [-0.2, -0.15) is 0 Å². The minimum Gasteiger partial charge on any atom is -0.462 e. The van der Waals surface area contributed by atoms with Crippen LogP contribution in [-0.4, -0.2) is 37.2 Å². The van der Waals surface area contributed by atoms with Gasteiger partial charge in [-0.15, -0.1) is 0 Å². The van der Waals surface area contributed by atoms with Crippen molar-refractivity contribution < 1.29 is 28.6 Å². The smallest absolute Gasteiger partial charge is 0.306 e. The molecule has 0 radical (unpaired) electrons. The van der Waals surface area contributed by atoms with Crippen LogP contribution in [0.3, 0.4) is 0 Å². The van der Waals surface area contributed by atoms with Crippen LogP contribution >= 0.6 is 0 Å². The Bertz CT molecular complexity index is 1080.